The molecule has 0 aliphatic carbocycles. The number of hydrogen-bond donors (Lipinski definition) is 2. The van der Waals surface area contributed by atoms with Crippen LogP contribution in [0, 0.1) is 0 Å². The summed E-state index contributed by atoms with van der Waals surface area (Å²) in [6.07, 6.45) is 1.66. The normalized spacial score (nSPS) is 11.7. The van der Waals surface area contributed by atoms with E-state index in [4.69, 9.17) is 16.2 Å². The molecule has 0 saturated heterocycles. The lowest BCUT2D eigenvalue weighted by Gasteiger charge is -2.12. The van der Waals surface area contributed by atoms with Crippen LogP contribution in [0.2, 0.25) is 0 Å². The minimum absolute atomic E-state index is 0.0745. The first kappa shape index (κ1) is 17.7. The van der Waals surface area contributed by atoms with Crippen LogP contribution < -0.4 is 16.2 Å². The first-order chi connectivity index (χ1) is 12.6. The van der Waals surface area contributed by atoms with Gasteiger partial charge in [-0.25, -0.2) is 0 Å². The predicted octanol–water partition coefficient (Wildman–Crippen LogP) is 3.69. The first-order valence-corrected chi connectivity index (χ1v) is 8.56. The van der Waals surface area contributed by atoms with Crippen LogP contribution in [0.5, 0.6) is 11.5 Å². The number of carbonyl (C=O) groups excluding carboxylic acids is 1. The summed E-state index contributed by atoms with van der Waals surface area (Å²) >= 11 is 0. The van der Waals surface area contributed by atoms with Crippen molar-refractivity contribution in [3.8, 4) is 11.5 Å². The highest BCUT2D eigenvalue weighted by Crippen LogP contribution is 2.22. The fraction of sp³-hybridized carbons (Fsp3) is 0.136. The lowest BCUT2D eigenvalue weighted by Crippen LogP contribution is -2.25. The number of rotatable bonds is 7. The van der Waals surface area contributed by atoms with Gasteiger partial charge < -0.3 is 16.2 Å². The smallest absolute Gasteiger partial charge is 0.248 e. The molecule has 0 bridgehead atoms. The van der Waals surface area contributed by atoms with E-state index in [1.807, 2.05) is 42.5 Å². The molecule has 0 aliphatic heterocycles. The van der Waals surface area contributed by atoms with E-state index in [0.29, 0.717) is 11.3 Å². The van der Waals surface area contributed by atoms with Crippen molar-refractivity contribution in [3.05, 3.63) is 95.6 Å². The molecule has 1 amide bonds. The molecule has 3 aromatic rings. The van der Waals surface area contributed by atoms with E-state index in [1.54, 1.807) is 24.3 Å². The van der Waals surface area contributed by atoms with Gasteiger partial charge in [0.25, 0.3) is 0 Å². The van der Waals surface area contributed by atoms with Crippen LogP contribution in [-0.2, 0) is 12.8 Å². The van der Waals surface area contributed by atoms with Gasteiger partial charge in [-0.2, -0.15) is 0 Å². The van der Waals surface area contributed by atoms with E-state index < -0.39 is 5.91 Å². The predicted molar refractivity (Wildman–Crippen MR) is 103 cm³/mol. The minimum Gasteiger partial charge on any atom is -0.457 e. The second kappa shape index (κ2) is 8.32. The maximum absolute atomic E-state index is 11.1. The molecule has 1 unspecified atom stereocenters. The topological polar surface area (TPSA) is 78.3 Å². The molecule has 1 atom stereocenters. The summed E-state index contributed by atoms with van der Waals surface area (Å²) < 4.78 is 5.79. The second-order valence-corrected chi connectivity index (χ2v) is 6.29. The van der Waals surface area contributed by atoms with Crippen LogP contribution in [0.3, 0.4) is 0 Å². The lowest BCUT2D eigenvalue weighted by atomic mass is 10.00. The third kappa shape index (κ3) is 4.94. The molecule has 0 saturated carbocycles. The van der Waals surface area contributed by atoms with Crippen molar-refractivity contribution < 1.29 is 9.53 Å². The van der Waals surface area contributed by atoms with Crippen LogP contribution in [0.25, 0.3) is 0 Å². The number of ether oxygens (including phenoxy) is 1. The van der Waals surface area contributed by atoms with E-state index in [1.165, 1.54) is 11.1 Å². The Morgan fingerprint density at radius 2 is 1.27 bits per heavy atom. The van der Waals surface area contributed by atoms with Crippen LogP contribution in [0.15, 0.2) is 78.9 Å². The van der Waals surface area contributed by atoms with Crippen LogP contribution >= 0.6 is 0 Å². The van der Waals surface area contributed by atoms with Gasteiger partial charge in [-0.1, -0.05) is 42.5 Å². The molecule has 3 aromatic carbocycles. The standard InChI is InChI=1S/C22H22N2O2/c23-19(14-16-4-2-1-3-5-16)15-17-6-10-20(11-7-17)26-21-12-8-18(9-13-21)22(24)25/h1-13,19H,14-15,23H2,(H2,24,25). The van der Waals surface area contributed by atoms with Gasteiger partial charge in [-0.05, 0) is 60.4 Å². The largest absolute Gasteiger partial charge is 0.457 e. The van der Waals surface area contributed by atoms with Crippen molar-refractivity contribution in [1.29, 1.82) is 0 Å². The fourth-order valence-electron chi connectivity index (χ4n) is 2.81. The van der Waals surface area contributed by atoms with Gasteiger partial charge in [-0.15, -0.1) is 0 Å². The van der Waals surface area contributed by atoms with Crippen LogP contribution in [0.1, 0.15) is 21.5 Å². The highest BCUT2D eigenvalue weighted by Gasteiger charge is 2.06. The summed E-state index contributed by atoms with van der Waals surface area (Å²) in [5.74, 6) is 0.938. The van der Waals surface area contributed by atoms with E-state index >= 15 is 0 Å². The molecular weight excluding hydrogens is 324 g/mol. The Hall–Kier alpha value is -3.11. The molecule has 132 valence electrons. The van der Waals surface area contributed by atoms with Gasteiger partial charge in [0.05, 0.1) is 0 Å². The zero-order valence-electron chi connectivity index (χ0n) is 14.5. The lowest BCUT2D eigenvalue weighted by molar-refractivity contribution is 0.100. The number of nitrogens with two attached hydrogens (primary N) is 2. The average molecular weight is 346 g/mol. The van der Waals surface area contributed by atoms with Gasteiger partial charge >= 0.3 is 0 Å². The molecule has 4 nitrogen and oxygen atoms in total. The minimum atomic E-state index is -0.451. The Morgan fingerprint density at radius 1 is 0.769 bits per heavy atom. The maximum Gasteiger partial charge on any atom is 0.248 e. The van der Waals surface area contributed by atoms with Gasteiger partial charge in [0.1, 0.15) is 11.5 Å². The van der Waals surface area contributed by atoms with E-state index in [2.05, 4.69) is 12.1 Å². The number of hydrogen-bond acceptors (Lipinski definition) is 3. The number of benzene rings is 3. The van der Waals surface area contributed by atoms with Crippen molar-refractivity contribution in [2.24, 2.45) is 11.5 Å². The molecular formula is C22H22N2O2. The summed E-state index contributed by atoms with van der Waals surface area (Å²) in [7, 11) is 0. The Balaban J connectivity index is 1.57. The highest BCUT2D eigenvalue weighted by molar-refractivity contribution is 5.92. The fourth-order valence-corrected chi connectivity index (χ4v) is 2.81. The van der Waals surface area contributed by atoms with Gasteiger partial charge in [0, 0.05) is 11.6 Å². The number of primary amides is 1. The van der Waals surface area contributed by atoms with Gasteiger partial charge in [0.2, 0.25) is 5.91 Å². The SMILES string of the molecule is NC(=O)c1ccc(Oc2ccc(CC(N)Cc3ccccc3)cc2)cc1. The van der Waals surface area contributed by atoms with Crippen molar-refractivity contribution in [3.63, 3.8) is 0 Å². The van der Waals surface area contributed by atoms with Crippen molar-refractivity contribution in [2.75, 3.05) is 0 Å². The number of carbonyl (C=O) groups is 1. The van der Waals surface area contributed by atoms with Crippen LogP contribution in [-0.4, -0.2) is 11.9 Å². The molecule has 26 heavy (non-hydrogen) atoms. The van der Waals surface area contributed by atoms with E-state index in [0.717, 1.165) is 18.6 Å². The molecule has 3 rings (SSSR count). The molecule has 0 fully saturated rings. The Morgan fingerprint density at radius 3 is 1.81 bits per heavy atom. The van der Waals surface area contributed by atoms with Crippen molar-refractivity contribution >= 4 is 5.91 Å². The average Bonchev–Trinajstić information content (AvgIpc) is 2.64. The van der Waals surface area contributed by atoms with Crippen LogP contribution in [0.4, 0.5) is 0 Å². The molecule has 4 heteroatoms. The monoisotopic (exact) mass is 346 g/mol. The third-order valence-electron chi connectivity index (χ3n) is 4.14. The summed E-state index contributed by atoms with van der Waals surface area (Å²) in [6, 6.07) is 25.0. The first-order valence-electron chi connectivity index (χ1n) is 8.56. The second-order valence-electron chi connectivity index (χ2n) is 6.29. The molecule has 0 aromatic heterocycles. The molecule has 0 radical (unpaired) electrons. The maximum atomic E-state index is 11.1. The summed E-state index contributed by atoms with van der Waals surface area (Å²) in [4.78, 5) is 11.1. The number of amides is 1. The van der Waals surface area contributed by atoms with E-state index in [9.17, 15) is 4.79 Å². The summed E-state index contributed by atoms with van der Waals surface area (Å²) in [6.45, 7) is 0. The van der Waals surface area contributed by atoms with E-state index in [-0.39, 0.29) is 6.04 Å². The molecule has 0 spiro atoms. The Labute approximate surface area is 153 Å². The van der Waals surface area contributed by atoms with Gasteiger partial charge in [0.15, 0.2) is 0 Å². The van der Waals surface area contributed by atoms with Gasteiger partial charge in [-0.3, -0.25) is 4.79 Å². The quantitative estimate of drug-likeness (QED) is 0.685. The van der Waals surface area contributed by atoms with Crippen molar-refractivity contribution in [2.45, 2.75) is 18.9 Å². The Bertz CT molecular complexity index is 844. The highest BCUT2D eigenvalue weighted by atomic mass is 16.5. The third-order valence-corrected chi connectivity index (χ3v) is 4.14. The molecule has 0 heterocycles. The summed E-state index contributed by atoms with van der Waals surface area (Å²) in [5.41, 5.74) is 14.4. The zero-order chi connectivity index (χ0) is 18.4. The molecule has 0 aliphatic rings. The molecule has 4 N–H and O–H groups in total. The van der Waals surface area contributed by atoms with Crippen molar-refractivity contribution in [1.82, 2.24) is 0 Å². The summed E-state index contributed by atoms with van der Waals surface area (Å²) in [5, 5.41) is 0. The zero-order valence-corrected chi connectivity index (χ0v) is 14.5. The Kier molecular flexibility index (Phi) is 5.66.